The first-order chi connectivity index (χ1) is 9.51. The van der Waals surface area contributed by atoms with Crippen LogP contribution in [0.5, 0.6) is 0 Å². The molecular weight excluding hydrogens is 276 g/mol. The summed E-state index contributed by atoms with van der Waals surface area (Å²) in [4.78, 5) is 12.2. The van der Waals surface area contributed by atoms with Crippen molar-refractivity contribution < 1.29 is 19.0 Å². The van der Waals surface area contributed by atoms with Crippen molar-refractivity contribution >= 4 is 17.7 Å². The van der Waals surface area contributed by atoms with E-state index in [-0.39, 0.29) is 18.4 Å². The van der Waals surface area contributed by atoms with Crippen molar-refractivity contribution in [3.05, 3.63) is 0 Å². The smallest absolute Gasteiger partial charge is 0.346 e. The number of hydrogen-bond donors (Lipinski definition) is 0. The highest BCUT2D eigenvalue weighted by molar-refractivity contribution is 8.00. The number of hydrogen-bond acceptors (Lipinski definition) is 5. The zero-order chi connectivity index (χ0) is 14.7. The Kier molecular flexibility index (Phi) is 5.75. The fraction of sp³-hybridized carbons (Fsp3) is 0.933. The molecule has 0 bridgehead atoms. The zero-order valence-electron chi connectivity index (χ0n) is 12.8. The molecule has 2 rings (SSSR count). The van der Waals surface area contributed by atoms with Crippen LogP contribution in [0.25, 0.3) is 0 Å². The lowest BCUT2D eigenvalue weighted by Gasteiger charge is -2.37. The molecule has 2 aliphatic rings. The molecule has 2 fully saturated rings. The van der Waals surface area contributed by atoms with Gasteiger partial charge in [0.2, 0.25) is 5.44 Å². The lowest BCUT2D eigenvalue weighted by Crippen LogP contribution is -2.38. The lowest BCUT2D eigenvalue weighted by molar-refractivity contribution is -0.174. The second-order valence-electron chi connectivity index (χ2n) is 6.27. The first-order valence-corrected chi connectivity index (χ1v) is 8.56. The summed E-state index contributed by atoms with van der Waals surface area (Å²) in [6, 6.07) is 0. The number of carbonyl (C=O) groups excluding carboxylic acids is 1. The molecule has 1 aliphatic carbocycles. The summed E-state index contributed by atoms with van der Waals surface area (Å²) in [7, 11) is 1.59. The molecule has 0 aromatic heterocycles. The van der Waals surface area contributed by atoms with Crippen LogP contribution in [-0.2, 0) is 19.0 Å². The molecule has 20 heavy (non-hydrogen) atoms. The third-order valence-corrected chi connectivity index (χ3v) is 5.41. The predicted molar refractivity (Wildman–Crippen MR) is 79.4 cm³/mol. The van der Waals surface area contributed by atoms with E-state index in [9.17, 15) is 4.79 Å². The molecule has 1 saturated carbocycles. The Morgan fingerprint density at radius 3 is 2.70 bits per heavy atom. The minimum absolute atomic E-state index is 0.0389. The Bertz CT molecular complexity index is 334. The summed E-state index contributed by atoms with van der Waals surface area (Å²) in [5.74, 6) is 2.10. The van der Waals surface area contributed by atoms with Crippen LogP contribution < -0.4 is 0 Å². The van der Waals surface area contributed by atoms with Gasteiger partial charge < -0.3 is 14.2 Å². The van der Waals surface area contributed by atoms with Crippen LogP contribution in [0.1, 0.15) is 40.0 Å². The molecule has 5 heteroatoms. The van der Waals surface area contributed by atoms with E-state index < -0.39 is 5.44 Å². The van der Waals surface area contributed by atoms with Gasteiger partial charge in [-0.1, -0.05) is 27.2 Å². The van der Waals surface area contributed by atoms with Crippen LogP contribution in [0.2, 0.25) is 0 Å². The number of esters is 1. The minimum atomic E-state index is -0.523. The maximum absolute atomic E-state index is 12.2. The van der Waals surface area contributed by atoms with E-state index in [4.69, 9.17) is 14.2 Å². The summed E-state index contributed by atoms with van der Waals surface area (Å²) in [6.45, 7) is 6.66. The van der Waals surface area contributed by atoms with Crippen molar-refractivity contribution in [1.29, 1.82) is 0 Å². The van der Waals surface area contributed by atoms with Crippen molar-refractivity contribution in [1.82, 2.24) is 0 Å². The highest BCUT2D eigenvalue weighted by Crippen LogP contribution is 2.36. The summed E-state index contributed by atoms with van der Waals surface area (Å²) < 4.78 is 16.4. The van der Waals surface area contributed by atoms with E-state index >= 15 is 0 Å². The topological polar surface area (TPSA) is 44.8 Å². The van der Waals surface area contributed by atoms with Gasteiger partial charge in [0.1, 0.15) is 6.10 Å². The van der Waals surface area contributed by atoms with E-state index in [1.807, 2.05) is 0 Å². The average Bonchev–Trinajstić information content (AvgIpc) is 2.87. The van der Waals surface area contributed by atoms with Crippen molar-refractivity contribution in [3.63, 3.8) is 0 Å². The summed E-state index contributed by atoms with van der Waals surface area (Å²) in [5, 5.41) is 0. The van der Waals surface area contributed by atoms with Gasteiger partial charge in [-0.05, 0) is 30.6 Å². The molecule has 0 amide bonds. The first-order valence-electron chi connectivity index (χ1n) is 7.51. The standard InChI is InChI=1S/C15H26O4S/c1-9(2)11-6-5-10(3)7-12(11)18-14(16)15-19-13(17-4)8-20-15/h9-13,15H,5-8H2,1-4H3/t10-,11+,12?,13-,15-/m1/s1. The number of carbonyl (C=O) groups is 1. The second kappa shape index (κ2) is 7.14. The fourth-order valence-corrected chi connectivity index (χ4v) is 4.03. The summed E-state index contributed by atoms with van der Waals surface area (Å²) >= 11 is 1.46. The molecule has 116 valence electrons. The summed E-state index contributed by atoms with van der Waals surface area (Å²) in [5.41, 5.74) is -0.523. The van der Waals surface area contributed by atoms with E-state index in [0.717, 1.165) is 12.8 Å². The molecule has 0 N–H and O–H groups in total. The molecule has 0 aromatic carbocycles. The van der Waals surface area contributed by atoms with Crippen molar-refractivity contribution in [2.24, 2.45) is 17.8 Å². The largest absolute Gasteiger partial charge is 0.459 e. The third-order valence-electron chi connectivity index (χ3n) is 4.34. The van der Waals surface area contributed by atoms with Crippen LogP contribution in [0.15, 0.2) is 0 Å². The van der Waals surface area contributed by atoms with Gasteiger partial charge in [-0.3, -0.25) is 0 Å². The Balaban J connectivity index is 1.91. The molecular formula is C15H26O4S. The minimum Gasteiger partial charge on any atom is -0.459 e. The van der Waals surface area contributed by atoms with E-state index in [0.29, 0.717) is 23.5 Å². The molecule has 0 aromatic rings. The molecule has 1 heterocycles. The van der Waals surface area contributed by atoms with E-state index in [1.54, 1.807) is 7.11 Å². The van der Waals surface area contributed by atoms with E-state index in [1.165, 1.54) is 18.2 Å². The highest BCUT2D eigenvalue weighted by atomic mass is 32.2. The Morgan fingerprint density at radius 2 is 2.10 bits per heavy atom. The molecule has 0 radical (unpaired) electrons. The number of methoxy groups -OCH3 is 1. The van der Waals surface area contributed by atoms with Gasteiger partial charge in [-0.2, -0.15) is 0 Å². The van der Waals surface area contributed by atoms with Crippen molar-refractivity contribution in [2.75, 3.05) is 12.9 Å². The first kappa shape index (κ1) is 16.1. The van der Waals surface area contributed by atoms with Crippen molar-refractivity contribution in [2.45, 2.75) is 57.9 Å². The number of rotatable bonds is 4. The molecule has 1 aliphatic heterocycles. The van der Waals surface area contributed by atoms with Crippen LogP contribution in [-0.4, -0.2) is 36.7 Å². The maximum Gasteiger partial charge on any atom is 0.346 e. The second-order valence-corrected chi connectivity index (χ2v) is 7.36. The van der Waals surface area contributed by atoms with Crippen LogP contribution in [0.4, 0.5) is 0 Å². The van der Waals surface area contributed by atoms with Gasteiger partial charge in [0.05, 0.1) is 0 Å². The van der Waals surface area contributed by atoms with Gasteiger partial charge in [0.25, 0.3) is 0 Å². The van der Waals surface area contributed by atoms with Gasteiger partial charge >= 0.3 is 5.97 Å². The SMILES string of the molecule is CO[C@H]1CS[C@H](C(=O)OC2C[C@H](C)CC[C@H]2C(C)C)O1. The normalized spacial score (nSPS) is 38.1. The Morgan fingerprint density at radius 1 is 1.35 bits per heavy atom. The lowest BCUT2D eigenvalue weighted by atomic mass is 9.75. The fourth-order valence-electron chi connectivity index (χ4n) is 3.08. The van der Waals surface area contributed by atoms with Crippen LogP contribution in [0.3, 0.4) is 0 Å². The maximum atomic E-state index is 12.2. The molecule has 1 unspecified atom stereocenters. The predicted octanol–water partition coefficient (Wildman–Crippen LogP) is 3.05. The molecule has 0 spiro atoms. The Hall–Kier alpha value is -0.260. The third kappa shape index (κ3) is 3.89. The molecule has 5 atom stereocenters. The highest BCUT2D eigenvalue weighted by Gasteiger charge is 2.38. The van der Waals surface area contributed by atoms with Crippen molar-refractivity contribution in [3.8, 4) is 0 Å². The summed E-state index contributed by atoms with van der Waals surface area (Å²) in [6.07, 6.45) is 3.11. The van der Waals surface area contributed by atoms with Gasteiger partial charge in [-0.25, -0.2) is 4.79 Å². The molecule has 4 nitrogen and oxygen atoms in total. The Labute approximate surface area is 125 Å². The van der Waals surface area contributed by atoms with Gasteiger partial charge in [0.15, 0.2) is 6.29 Å². The van der Waals surface area contributed by atoms with E-state index in [2.05, 4.69) is 20.8 Å². The average molecular weight is 302 g/mol. The van der Waals surface area contributed by atoms with Gasteiger partial charge in [-0.15, -0.1) is 11.8 Å². The zero-order valence-corrected chi connectivity index (χ0v) is 13.7. The van der Waals surface area contributed by atoms with Gasteiger partial charge in [0, 0.05) is 12.9 Å². The number of ether oxygens (including phenoxy) is 3. The number of thioether (sulfide) groups is 1. The molecule has 1 saturated heterocycles. The van der Waals surface area contributed by atoms with Crippen LogP contribution in [0, 0.1) is 17.8 Å². The quantitative estimate of drug-likeness (QED) is 0.747. The van der Waals surface area contributed by atoms with Crippen LogP contribution >= 0.6 is 11.8 Å². The monoisotopic (exact) mass is 302 g/mol.